The maximum absolute atomic E-state index is 11.8. The number of carbonyl (C=O) groups is 1. The van der Waals surface area contributed by atoms with Gasteiger partial charge in [0.1, 0.15) is 11.5 Å². The van der Waals surface area contributed by atoms with Crippen LogP contribution >= 0.6 is 34.8 Å². The van der Waals surface area contributed by atoms with E-state index in [1.165, 1.54) is 30.5 Å². The summed E-state index contributed by atoms with van der Waals surface area (Å²) in [5.41, 5.74) is 2.55. The molecule has 0 aliphatic rings. The van der Waals surface area contributed by atoms with E-state index in [1.54, 1.807) is 24.3 Å². The molecule has 0 unspecified atom stereocenters. The SMILES string of the molecule is O=C(COc1ccccc1[N+](=O)[O-])NN=Cc1ccc(-c2cc(Cl)c(Cl)cc2Cl)o1. The summed E-state index contributed by atoms with van der Waals surface area (Å²) in [4.78, 5) is 22.2. The molecule has 0 saturated heterocycles. The highest BCUT2D eigenvalue weighted by atomic mass is 35.5. The molecule has 0 saturated carbocycles. The van der Waals surface area contributed by atoms with E-state index in [4.69, 9.17) is 44.0 Å². The Bertz CT molecular complexity index is 1130. The van der Waals surface area contributed by atoms with Gasteiger partial charge in [0.15, 0.2) is 12.4 Å². The van der Waals surface area contributed by atoms with Crippen LogP contribution in [-0.4, -0.2) is 23.7 Å². The van der Waals surface area contributed by atoms with Crippen molar-refractivity contribution in [3.8, 4) is 17.1 Å². The number of para-hydroxylation sites is 2. The number of ether oxygens (including phenoxy) is 1. The van der Waals surface area contributed by atoms with E-state index < -0.39 is 17.4 Å². The Morgan fingerprint density at radius 2 is 1.87 bits per heavy atom. The van der Waals surface area contributed by atoms with Crippen LogP contribution in [0.3, 0.4) is 0 Å². The summed E-state index contributed by atoms with van der Waals surface area (Å²) in [5, 5.41) is 15.7. The molecule has 0 aliphatic heterocycles. The van der Waals surface area contributed by atoms with E-state index in [2.05, 4.69) is 10.5 Å². The molecule has 0 atom stereocenters. The lowest BCUT2D eigenvalue weighted by atomic mass is 10.2. The molecular weight excluding hydrogens is 457 g/mol. The Kier molecular flexibility index (Phi) is 6.94. The number of hydrogen-bond donors (Lipinski definition) is 1. The minimum atomic E-state index is -0.608. The summed E-state index contributed by atoms with van der Waals surface area (Å²) in [6, 6.07) is 12.1. The van der Waals surface area contributed by atoms with Crippen LogP contribution in [0.25, 0.3) is 11.3 Å². The molecule has 8 nitrogen and oxygen atoms in total. The fraction of sp³-hybridized carbons (Fsp3) is 0.0526. The summed E-state index contributed by atoms with van der Waals surface area (Å²) in [7, 11) is 0. The zero-order valence-corrected chi connectivity index (χ0v) is 17.2. The average molecular weight is 469 g/mol. The first kappa shape index (κ1) is 21.6. The van der Waals surface area contributed by atoms with E-state index >= 15 is 0 Å². The summed E-state index contributed by atoms with van der Waals surface area (Å²) in [5.74, 6) is 0.151. The largest absolute Gasteiger partial charge is 0.477 e. The number of rotatable bonds is 7. The van der Waals surface area contributed by atoms with Crippen LogP contribution < -0.4 is 10.2 Å². The zero-order chi connectivity index (χ0) is 21.7. The van der Waals surface area contributed by atoms with Gasteiger partial charge in [0.25, 0.3) is 5.91 Å². The lowest BCUT2D eigenvalue weighted by Crippen LogP contribution is -2.24. The van der Waals surface area contributed by atoms with Gasteiger partial charge >= 0.3 is 5.69 Å². The third kappa shape index (κ3) is 5.29. The number of carbonyl (C=O) groups excluding carboxylic acids is 1. The molecule has 0 fully saturated rings. The fourth-order valence-electron chi connectivity index (χ4n) is 2.35. The average Bonchev–Trinajstić information content (AvgIpc) is 3.18. The van der Waals surface area contributed by atoms with Crippen LogP contribution in [0.2, 0.25) is 15.1 Å². The Balaban J connectivity index is 1.58. The van der Waals surface area contributed by atoms with Crippen LogP contribution in [0.5, 0.6) is 5.75 Å². The second-order valence-electron chi connectivity index (χ2n) is 5.75. The van der Waals surface area contributed by atoms with E-state index in [-0.39, 0.29) is 11.4 Å². The molecule has 0 radical (unpaired) electrons. The van der Waals surface area contributed by atoms with E-state index in [9.17, 15) is 14.9 Å². The standard InChI is InChI=1S/C19H12Cl3N3O5/c20-13-8-15(22)14(21)7-12(13)17-6-5-11(30-17)9-23-24-19(26)10-29-18-4-2-1-3-16(18)25(27)28/h1-9H,10H2,(H,24,26). The van der Waals surface area contributed by atoms with E-state index in [1.807, 2.05) is 0 Å². The highest BCUT2D eigenvalue weighted by Gasteiger charge is 2.15. The Labute approximate surface area is 185 Å². The number of nitro groups is 1. The maximum atomic E-state index is 11.8. The van der Waals surface area contributed by atoms with Crippen molar-refractivity contribution in [3.63, 3.8) is 0 Å². The summed E-state index contributed by atoms with van der Waals surface area (Å²) in [6.45, 7) is -0.454. The number of hydrogen-bond acceptors (Lipinski definition) is 6. The van der Waals surface area contributed by atoms with Gasteiger partial charge in [-0.25, -0.2) is 5.43 Å². The second-order valence-corrected chi connectivity index (χ2v) is 6.98. The van der Waals surface area contributed by atoms with Gasteiger partial charge in [0.05, 0.1) is 26.2 Å². The minimum absolute atomic E-state index is 0.0178. The van der Waals surface area contributed by atoms with E-state index in [0.29, 0.717) is 32.2 Å². The monoisotopic (exact) mass is 467 g/mol. The molecule has 154 valence electrons. The highest BCUT2D eigenvalue weighted by molar-refractivity contribution is 6.44. The van der Waals surface area contributed by atoms with Crippen LogP contribution in [0.4, 0.5) is 5.69 Å². The number of benzene rings is 2. The normalized spacial score (nSPS) is 10.9. The van der Waals surface area contributed by atoms with Crippen LogP contribution in [0, 0.1) is 10.1 Å². The summed E-state index contributed by atoms with van der Waals surface area (Å²) < 4.78 is 10.8. The number of furan rings is 1. The highest BCUT2D eigenvalue weighted by Crippen LogP contribution is 2.35. The van der Waals surface area contributed by atoms with E-state index in [0.717, 1.165) is 0 Å². The van der Waals surface area contributed by atoms with Gasteiger partial charge in [-0.15, -0.1) is 0 Å². The first-order valence-corrected chi connectivity index (χ1v) is 9.41. The smallest absolute Gasteiger partial charge is 0.310 e. The van der Waals surface area contributed by atoms with Gasteiger partial charge in [-0.1, -0.05) is 46.9 Å². The molecule has 1 N–H and O–H groups in total. The van der Waals surface area contributed by atoms with Crippen molar-refractivity contribution in [2.75, 3.05) is 6.61 Å². The number of hydrazone groups is 1. The molecule has 0 bridgehead atoms. The molecule has 11 heteroatoms. The number of nitrogens with zero attached hydrogens (tertiary/aromatic N) is 2. The van der Waals surface area contributed by atoms with Gasteiger partial charge in [-0.2, -0.15) is 5.10 Å². The number of nitrogens with one attached hydrogen (secondary N) is 1. The molecule has 0 spiro atoms. The third-order valence-corrected chi connectivity index (χ3v) is 4.74. The Morgan fingerprint density at radius 1 is 1.13 bits per heavy atom. The minimum Gasteiger partial charge on any atom is -0.477 e. The molecular formula is C19H12Cl3N3O5. The lowest BCUT2D eigenvalue weighted by molar-refractivity contribution is -0.385. The predicted octanol–water partition coefficient (Wildman–Crippen LogP) is 5.34. The molecule has 0 aliphatic carbocycles. The van der Waals surface area contributed by atoms with Crippen molar-refractivity contribution in [1.82, 2.24) is 5.43 Å². The number of nitro benzene ring substituents is 1. The number of halogens is 3. The fourth-order valence-corrected chi connectivity index (χ4v) is 2.99. The maximum Gasteiger partial charge on any atom is 0.310 e. The first-order valence-electron chi connectivity index (χ1n) is 8.28. The summed E-state index contributed by atoms with van der Waals surface area (Å²) >= 11 is 18.1. The molecule has 3 aromatic rings. The van der Waals surface area contributed by atoms with Crippen molar-refractivity contribution in [2.45, 2.75) is 0 Å². The third-order valence-electron chi connectivity index (χ3n) is 3.70. The number of amides is 1. The second kappa shape index (κ2) is 9.62. The van der Waals surface area contributed by atoms with Gasteiger partial charge in [0.2, 0.25) is 0 Å². The van der Waals surface area contributed by atoms with Crippen LogP contribution in [-0.2, 0) is 4.79 Å². The lowest BCUT2D eigenvalue weighted by Gasteiger charge is -2.05. The van der Waals surface area contributed by atoms with Gasteiger partial charge in [0, 0.05) is 11.6 Å². The molecule has 1 heterocycles. The quantitative estimate of drug-likeness (QED) is 0.218. The predicted molar refractivity (Wildman–Crippen MR) is 114 cm³/mol. The summed E-state index contributed by atoms with van der Waals surface area (Å²) in [6.07, 6.45) is 1.28. The molecule has 1 amide bonds. The molecule has 2 aromatic carbocycles. The van der Waals surface area contributed by atoms with Crippen molar-refractivity contribution in [3.05, 3.63) is 79.5 Å². The van der Waals surface area contributed by atoms with Crippen molar-refractivity contribution in [1.29, 1.82) is 0 Å². The van der Waals surface area contributed by atoms with Gasteiger partial charge in [-0.3, -0.25) is 14.9 Å². The zero-order valence-electron chi connectivity index (χ0n) is 15.0. The van der Waals surface area contributed by atoms with Gasteiger partial charge in [-0.05, 0) is 30.3 Å². The Morgan fingerprint density at radius 3 is 2.63 bits per heavy atom. The topological polar surface area (TPSA) is 107 Å². The van der Waals surface area contributed by atoms with Crippen LogP contribution in [0.15, 0.2) is 58.0 Å². The van der Waals surface area contributed by atoms with Crippen molar-refractivity contribution < 1.29 is 18.9 Å². The molecule has 3 rings (SSSR count). The van der Waals surface area contributed by atoms with Crippen molar-refractivity contribution in [2.24, 2.45) is 5.10 Å². The van der Waals surface area contributed by atoms with Crippen molar-refractivity contribution >= 4 is 52.6 Å². The van der Waals surface area contributed by atoms with Gasteiger partial charge < -0.3 is 9.15 Å². The first-order chi connectivity index (χ1) is 14.3. The molecule has 30 heavy (non-hydrogen) atoms. The Hall–Kier alpha value is -3.07. The van der Waals surface area contributed by atoms with Crippen LogP contribution in [0.1, 0.15) is 5.76 Å². The molecule has 1 aromatic heterocycles.